The van der Waals surface area contributed by atoms with Crippen molar-refractivity contribution in [3.8, 4) is 29.0 Å². The van der Waals surface area contributed by atoms with Gasteiger partial charge in [-0.3, -0.25) is 9.29 Å². The summed E-state index contributed by atoms with van der Waals surface area (Å²) in [5.74, 6) is -0.391. The van der Waals surface area contributed by atoms with Crippen molar-refractivity contribution in [2.45, 2.75) is 38.8 Å². The van der Waals surface area contributed by atoms with Crippen LogP contribution in [0.5, 0.6) is 11.6 Å². The Morgan fingerprint density at radius 1 is 1.19 bits per heavy atom. The van der Waals surface area contributed by atoms with E-state index in [2.05, 4.69) is 15.0 Å². The number of halogens is 3. The van der Waals surface area contributed by atoms with Gasteiger partial charge in [0.2, 0.25) is 15.9 Å². The number of rotatable bonds is 7. The van der Waals surface area contributed by atoms with Crippen LogP contribution in [0.25, 0.3) is 11.3 Å². The Morgan fingerprint density at radius 3 is 2.53 bits per heavy atom. The van der Waals surface area contributed by atoms with Gasteiger partial charge in [0.1, 0.15) is 17.5 Å². The summed E-state index contributed by atoms with van der Waals surface area (Å²) in [6.45, 7) is 2.97. The number of aryl methyl sites for hydroxylation is 1. The minimum atomic E-state index is -4.62. The van der Waals surface area contributed by atoms with Gasteiger partial charge in [-0.25, -0.2) is 18.4 Å². The van der Waals surface area contributed by atoms with Gasteiger partial charge in [-0.2, -0.15) is 18.4 Å². The maximum Gasteiger partial charge on any atom is 0.433 e. The minimum absolute atomic E-state index is 0.103. The number of ether oxygens (including phenoxy) is 1. The van der Waals surface area contributed by atoms with Crippen molar-refractivity contribution >= 4 is 15.7 Å². The van der Waals surface area contributed by atoms with Gasteiger partial charge in [0.25, 0.3) is 0 Å². The van der Waals surface area contributed by atoms with E-state index in [0.29, 0.717) is 29.7 Å². The maximum absolute atomic E-state index is 13.4. The Kier molecular flexibility index (Phi) is 6.62. The molecular formula is C24H22F3N5O3S. The number of pyridine rings is 3. The molecule has 0 bridgehead atoms. The topological polar surface area (TPSA) is 109 Å². The van der Waals surface area contributed by atoms with E-state index in [-0.39, 0.29) is 40.2 Å². The molecule has 1 saturated carbocycles. The number of sulfonamides is 1. The molecule has 0 N–H and O–H groups in total. The fourth-order valence-electron chi connectivity index (χ4n) is 3.59. The molecule has 0 aromatic carbocycles. The zero-order valence-corrected chi connectivity index (χ0v) is 20.5. The molecular weight excluding hydrogens is 495 g/mol. The van der Waals surface area contributed by atoms with Gasteiger partial charge >= 0.3 is 6.18 Å². The molecule has 1 aliphatic carbocycles. The molecule has 3 heterocycles. The first-order valence-corrected chi connectivity index (χ1v) is 12.6. The molecule has 0 spiro atoms. The van der Waals surface area contributed by atoms with E-state index in [1.165, 1.54) is 39.4 Å². The summed E-state index contributed by atoms with van der Waals surface area (Å²) in [6, 6.07) is 7.50. The number of hydrogen-bond donors (Lipinski definition) is 0. The fourth-order valence-corrected chi connectivity index (χ4v) is 4.41. The highest BCUT2D eigenvalue weighted by atomic mass is 32.2. The third kappa shape index (κ3) is 5.11. The van der Waals surface area contributed by atoms with Gasteiger partial charge in [-0.15, -0.1) is 0 Å². The monoisotopic (exact) mass is 517 g/mol. The first kappa shape index (κ1) is 25.4. The number of aromatic nitrogens is 3. The summed E-state index contributed by atoms with van der Waals surface area (Å²) >= 11 is 0. The standard InChI is InChI=1S/C24H22F3N5O3S/c1-4-36(33,34)32(3)19-8-7-18(17-10-15(11-28)12-29-13-17)30-23(19)35-22-14(2)9-20(24(25,26)27)31-21(22)16-5-6-16/h7-10,12-13,16H,4-6H2,1-3H3. The van der Waals surface area contributed by atoms with Crippen LogP contribution in [0.2, 0.25) is 0 Å². The third-order valence-corrected chi connectivity index (χ3v) is 7.52. The lowest BCUT2D eigenvalue weighted by molar-refractivity contribution is -0.141. The fraction of sp³-hybridized carbons (Fsp3) is 0.333. The molecule has 0 unspecified atom stereocenters. The smallest absolute Gasteiger partial charge is 0.433 e. The van der Waals surface area contributed by atoms with Crippen LogP contribution in [-0.4, -0.2) is 36.2 Å². The molecule has 0 aliphatic heterocycles. The Morgan fingerprint density at radius 2 is 1.92 bits per heavy atom. The molecule has 1 fully saturated rings. The van der Waals surface area contributed by atoms with Gasteiger partial charge < -0.3 is 4.74 Å². The van der Waals surface area contributed by atoms with Crippen LogP contribution in [0, 0.1) is 18.3 Å². The Hall–Kier alpha value is -3.72. The number of nitrogens with zero attached hydrogens (tertiary/aromatic N) is 5. The van der Waals surface area contributed by atoms with Crippen LogP contribution in [0.4, 0.5) is 18.9 Å². The molecule has 3 aromatic rings. The van der Waals surface area contributed by atoms with E-state index in [4.69, 9.17) is 4.74 Å². The zero-order valence-electron chi connectivity index (χ0n) is 19.7. The quantitative estimate of drug-likeness (QED) is 0.424. The first-order chi connectivity index (χ1) is 16.9. The molecule has 188 valence electrons. The zero-order chi connectivity index (χ0) is 26.3. The van der Waals surface area contributed by atoms with Gasteiger partial charge in [0.05, 0.1) is 22.7 Å². The van der Waals surface area contributed by atoms with Crippen molar-refractivity contribution in [2.24, 2.45) is 0 Å². The molecule has 8 nitrogen and oxygen atoms in total. The average molecular weight is 518 g/mol. The average Bonchev–Trinajstić information content (AvgIpc) is 3.69. The molecule has 0 amide bonds. The lowest BCUT2D eigenvalue weighted by Crippen LogP contribution is -2.28. The van der Waals surface area contributed by atoms with Crippen molar-refractivity contribution < 1.29 is 26.3 Å². The summed E-state index contributed by atoms with van der Waals surface area (Å²) in [5, 5.41) is 9.20. The Bertz CT molecular complexity index is 1460. The summed E-state index contributed by atoms with van der Waals surface area (Å²) in [7, 11) is -2.36. The second kappa shape index (κ2) is 9.39. The maximum atomic E-state index is 13.4. The number of alkyl halides is 3. The lowest BCUT2D eigenvalue weighted by Gasteiger charge is -2.22. The normalized spacial score (nSPS) is 13.8. The molecule has 3 aromatic heterocycles. The molecule has 0 radical (unpaired) electrons. The summed E-state index contributed by atoms with van der Waals surface area (Å²) in [4.78, 5) is 12.4. The van der Waals surface area contributed by atoms with Gasteiger partial charge in [-0.1, -0.05) is 0 Å². The molecule has 0 saturated heterocycles. The van der Waals surface area contributed by atoms with E-state index in [9.17, 15) is 26.9 Å². The summed E-state index contributed by atoms with van der Waals surface area (Å²) in [6.07, 6.45) is -0.414. The van der Waals surface area contributed by atoms with Crippen molar-refractivity contribution in [1.29, 1.82) is 5.26 Å². The van der Waals surface area contributed by atoms with Crippen LogP contribution < -0.4 is 9.04 Å². The van der Waals surface area contributed by atoms with E-state index in [0.717, 1.165) is 10.4 Å². The van der Waals surface area contributed by atoms with Gasteiger partial charge in [0, 0.05) is 30.9 Å². The Labute approximate surface area is 206 Å². The molecule has 1 aliphatic rings. The predicted octanol–water partition coefficient (Wildman–Crippen LogP) is 5.19. The van der Waals surface area contributed by atoms with Crippen molar-refractivity contribution in [2.75, 3.05) is 17.1 Å². The third-order valence-electron chi connectivity index (χ3n) is 5.76. The second-order valence-electron chi connectivity index (χ2n) is 8.38. The van der Waals surface area contributed by atoms with Gasteiger partial charge in [0.15, 0.2) is 5.75 Å². The van der Waals surface area contributed by atoms with Crippen LogP contribution in [0.1, 0.15) is 48.2 Å². The van der Waals surface area contributed by atoms with Crippen molar-refractivity contribution in [1.82, 2.24) is 15.0 Å². The van der Waals surface area contributed by atoms with Crippen LogP contribution in [-0.2, 0) is 16.2 Å². The van der Waals surface area contributed by atoms with Crippen LogP contribution >= 0.6 is 0 Å². The molecule has 12 heteroatoms. The highest BCUT2D eigenvalue weighted by Crippen LogP contribution is 2.47. The number of hydrogen-bond acceptors (Lipinski definition) is 7. The van der Waals surface area contributed by atoms with E-state index < -0.39 is 21.9 Å². The van der Waals surface area contributed by atoms with E-state index in [1.54, 1.807) is 12.1 Å². The van der Waals surface area contributed by atoms with Crippen molar-refractivity contribution in [3.63, 3.8) is 0 Å². The minimum Gasteiger partial charge on any atom is -0.435 e. The largest absolute Gasteiger partial charge is 0.435 e. The highest BCUT2D eigenvalue weighted by Gasteiger charge is 2.38. The molecule has 36 heavy (non-hydrogen) atoms. The first-order valence-electron chi connectivity index (χ1n) is 11.0. The second-order valence-corrected chi connectivity index (χ2v) is 10.7. The van der Waals surface area contributed by atoms with Gasteiger partial charge in [-0.05, 0) is 56.5 Å². The van der Waals surface area contributed by atoms with E-state index >= 15 is 0 Å². The molecule has 0 atom stereocenters. The number of nitriles is 1. The lowest BCUT2D eigenvalue weighted by atomic mass is 10.1. The predicted molar refractivity (Wildman–Crippen MR) is 126 cm³/mol. The Balaban J connectivity index is 1.88. The van der Waals surface area contributed by atoms with Crippen LogP contribution in [0.3, 0.4) is 0 Å². The van der Waals surface area contributed by atoms with Crippen molar-refractivity contribution in [3.05, 3.63) is 59.2 Å². The summed E-state index contributed by atoms with van der Waals surface area (Å²) in [5.41, 5.74) is 0.570. The van der Waals surface area contributed by atoms with E-state index in [1.807, 2.05) is 6.07 Å². The highest BCUT2D eigenvalue weighted by molar-refractivity contribution is 7.92. The summed E-state index contributed by atoms with van der Waals surface area (Å²) < 4.78 is 72.6. The SMILES string of the molecule is CCS(=O)(=O)N(C)c1ccc(-c2cncc(C#N)c2)nc1Oc1c(C)cc(C(F)(F)F)nc1C1CC1. The van der Waals surface area contributed by atoms with Crippen LogP contribution in [0.15, 0.2) is 36.7 Å². The number of anilines is 1. The molecule has 4 rings (SSSR count).